The highest BCUT2D eigenvalue weighted by atomic mass is 19.1. The van der Waals surface area contributed by atoms with Gasteiger partial charge in [0.15, 0.2) is 0 Å². The Morgan fingerprint density at radius 2 is 1.84 bits per heavy atom. The van der Waals surface area contributed by atoms with Crippen LogP contribution in [0.25, 0.3) is 0 Å². The van der Waals surface area contributed by atoms with Crippen molar-refractivity contribution >= 4 is 23.2 Å². The van der Waals surface area contributed by atoms with Crippen molar-refractivity contribution in [2.75, 3.05) is 38.2 Å². The number of carbonyl (C=O) groups excluding carboxylic acids is 2. The van der Waals surface area contributed by atoms with Crippen molar-refractivity contribution in [2.24, 2.45) is 0 Å². The number of hydrogen-bond donors (Lipinski definition) is 2. The average Bonchev–Trinajstić information content (AvgIpc) is 2.76. The van der Waals surface area contributed by atoms with Crippen LogP contribution < -0.4 is 10.6 Å². The highest BCUT2D eigenvalue weighted by Gasteiger charge is 2.25. The number of amides is 2. The van der Waals surface area contributed by atoms with E-state index in [2.05, 4.69) is 15.5 Å². The maximum absolute atomic E-state index is 13.3. The first-order chi connectivity index (χ1) is 14.8. The maximum atomic E-state index is 13.3. The monoisotopic (exact) mass is 430 g/mol. The maximum Gasteiger partial charge on any atom is 0.313 e. The van der Waals surface area contributed by atoms with Gasteiger partial charge in [0.05, 0.1) is 24.2 Å². The van der Waals surface area contributed by atoms with Gasteiger partial charge in [-0.3, -0.25) is 24.6 Å². The molecular weight excluding hydrogens is 407 g/mol. The molecule has 3 rings (SSSR count). The van der Waals surface area contributed by atoms with Crippen LogP contribution in [0.5, 0.6) is 0 Å². The molecule has 10 heteroatoms. The number of nitro groups is 1. The number of rotatable bonds is 6. The van der Waals surface area contributed by atoms with Crippen molar-refractivity contribution < 1.29 is 23.6 Å². The molecule has 2 aromatic rings. The van der Waals surface area contributed by atoms with Gasteiger partial charge in [-0.1, -0.05) is 18.2 Å². The Balaban J connectivity index is 1.68. The predicted molar refractivity (Wildman–Crippen MR) is 111 cm³/mol. The number of nitrogens with one attached hydrogen (secondary N) is 2. The standard InChI is InChI=1S/C21H23FN4O5/c1-14-2-7-17(18(12-14)26(29)30)24-21(28)20(27)23-13-19(25-8-10-31-11-9-25)15-3-5-16(22)6-4-15/h2-7,12,19H,8-11,13H2,1H3,(H,23,27)(H,24,28)/t19-/m0/s1. The average molecular weight is 430 g/mol. The lowest BCUT2D eigenvalue weighted by Crippen LogP contribution is -2.45. The van der Waals surface area contributed by atoms with Crippen molar-refractivity contribution in [3.8, 4) is 0 Å². The summed E-state index contributed by atoms with van der Waals surface area (Å²) in [6, 6.07) is 9.97. The second-order valence-corrected chi connectivity index (χ2v) is 7.16. The summed E-state index contributed by atoms with van der Waals surface area (Å²) < 4.78 is 18.7. The van der Waals surface area contributed by atoms with E-state index in [-0.39, 0.29) is 29.8 Å². The third-order valence-corrected chi connectivity index (χ3v) is 5.00. The molecule has 1 aliphatic heterocycles. The summed E-state index contributed by atoms with van der Waals surface area (Å²) in [6.07, 6.45) is 0. The number of nitrogens with zero attached hydrogens (tertiary/aromatic N) is 2. The number of carbonyl (C=O) groups is 2. The zero-order valence-corrected chi connectivity index (χ0v) is 17.0. The first kappa shape index (κ1) is 22.3. The Hall–Kier alpha value is -3.37. The number of halogens is 1. The molecule has 2 N–H and O–H groups in total. The van der Waals surface area contributed by atoms with Gasteiger partial charge in [-0.2, -0.15) is 0 Å². The normalized spacial score (nSPS) is 15.2. The molecule has 31 heavy (non-hydrogen) atoms. The minimum atomic E-state index is -1.01. The number of nitro benzene ring substituents is 1. The molecular formula is C21H23FN4O5. The summed E-state index contributed by atoms with van der Waals surface area (Å²) in [4.78, 5) is 37.4. The van der Waals surface area contributed by atoms with Crippen molar-refractivity contribution in [2.45, 2.75) is 13.0 Å². The van der Waals surface area contributed by atoms with Gasteiger partial charge < -0.3 is 15.4 Å². The Morgan fingerprint density at radius 3 is 2.48 bits per heavy atom. The molecule has 1 atom stereocenters. The van der Waals surface area contributed by atoms with E-state index < -0.39 is 16.7 Å². The number of morpholine rings is 1. The predicted octanol–water partition coefficient (Wildman–Crippen LogP) is 2.17. The molecule has 0 bridgehead atoms. The Kier molecular flexibility index (Phi) is 7.27. The van der Waals surface area contributed by atoms with Crippen molar-refractivity contribution in [3.63, 3.8) is 0 Å². The van der Waals surface area contributed by atoms with Crippen molar-refractivity contribution in [1.82, 2.24) is 10.2 Å². The number of aryl methyl sites for hydroxylation is 1. The summed E-state index contributed by atoms with van der Waals surface area (Å²) >= 11 is 0. The topological polar surface area (TPSA) is 114 Å². The van der Waals surface area contributed by atoms with E-state index in [1.165, 1.54) is 24.3 Å². The largest absolute Gasteiger partial charge is 0.379 e. The molecule has 2 aromatic carbocycles. The fourth-order valence-corrected chi connectivity index (χ4v) is 3.38. The number of anilines is 1. The van der Waals surface area contributed by atoms with E-state index in [4.69, 9.17) is 4.74 Å². The van der Waals surface area contributed by atoms with Crippen LogP contribution in [0.3, 0.4) is 0 Å². The molecule has 0 radical (unpaired) electrons. The second kappa shape index (κ2) is 10.1. The van der Waals surface area contributed by atoms with Crippen LogP contribution in [0, 0.1) is 22.9 Å². The molecule has 164 valence electrons. The molecule has 1 aliphatic rings. The lowest BCUT2D eigenvalue weighted by atomic mass is 10.0. The molecule has 0 unspecified atom stereocenters. The molecule has 1 saturated heterocycles. The highest BCUT2D eigenvalue weighted by molar-refractivity contribution is 6.39. The van der Waals surface area contributed by atoms with E-state index in [9.17, 15) is 24.1 Å². The van der Waals surface area contributed by atoms with E-state index in [1.54, 1.807) is 25.1 Å². The van der Waals surface area contributed by atoms with Crippen molar-refractivity contribution in [3.05, 3.63) is 69.5 Å². The third-order valence-electron chi connectivity index (χ3n) is 5.00. The van der Waals surface area contributed by atoms with E-state index in [0.29, 0.717) is 31.9 Å². The highest BCUT2D eigenvalue weighted by Crippen LogP contribution is 2.25. The number of hydrogen-bond acceptors (Lipinski definition) is 6. The van der Waals surface area contributed by atoms with E-state index in [0.717, 1.165) is 5.56 Å². The summed E-state index contributed by atoms with van der Waals surface area (Å²) in [5.41, 5.74) is 1.10. The van der Waals surface area contributed by atoms with E-state index in [1.807, 2.05) is 0 Å². The quantitative estimate of drug-likeness (QED) is 0.413. The Bertz CT molecular complexity index is 961. The third kappa shape index (κ3) is 5.83. The van der Waals surface area contributed by atoms with Gasteiger partial charge in [-0.15, -0.1) is 0 Å². The van der Waals surface area contributed by atoms with Gasteiger partial charge >= 0.3 is 11.8 Å². The first-order valence-corrected chi connectivity index (χ1v) is 9.76. The fraction of sp³-hybridized carbons (Fsp3) is 0.333. The minimum Gasteiger partial charge on any atom is -0.379 e. The van der Waals surface area contributed by atoms with Crippen LogP contribution in [-0.2, 0) is 14.3 Å². The van der Waals surface area contributed by atoms with Gasteiger partial charge in [0.1, 0.15) is 11.5 Å². The Labute approximate surface area is 178 Å². The molecule has 0 aromatic heterocycles. The zero-order valence-electron chi connectivity index (χ0n) is 17.0. The molecule has 0 saturated carbocycles. The van der Waals surface area contributed by atoms with Gasteiger partial charge in [-0.05, 0) is 36.2 Å². The smallest absolute Gasteiger partial charge is 0.313 e. The molecule has 2 amide bonds. The zero-order chi connectivity index (χ0) is 22.4. The molecule has 0 spiro atoms. The summed E-state index contributed by atoms with van der Waals surface area (Å²) in [7, 11) is 0. The first-order valence-electron chi connectivity index (χ1n) is 9.76. The summed E-state index contributed by atoms with van der Waals surface area (Å²) in [5, 5.41) is 16.1. The molecule has 1 fully saturated rings. The summed E-state index contributed by atoms with van der Waals surface area (Å²) in [6.45, 7) is 4.10. The Morgan fingerprint density at radius 1 is 1.16 bits per heavy atom. The molecule has 1 heterocycles. The van der Waals surface area contributed by atoms with E-state index >= 15 is 0 Å². The number of benzene rings is 2. The molecule has 0 aliphatic carbocycles. The van der Waals surface area contributed by atoms with Gasteiger partial charge in [0, 0.05) is 25.7 Å². The lowest BCUT2D eigenvalue weighted by molar-refractivity contribution is -0.384. The summed E-state index contributed by atoms with van der Waals surface area (Å²) in [5.74, 6) is -2.30. The van der Waals surface area contributed by atoms with Crippen molar-refractivity contribution in [1.29, 1.82) is 0 Å². The SMILES string of the molecule is Cc1ccc(NC(=O)C(=O)NC[C@@H](c2ccc(F)cc2)N2CCOCC2)c([N+](=O)[O-])c1. The second-order valence-electron chi connectivity index (χ2n) is 7.16. The van der Waals surface area contributed by atoms with Gasteiger partial charge in [0.25, 0.3) is 5.69 Å². The van der Waals surface area contributed by atoms with Crippen LogP contribution in [0.1, 0.15) is 17.2 Å². The van der Waals surface area contributed by atoms with Crippen LogP contribution in [0.4, 0.5) is 15.8 Å². The fourth-order valence-electron chi connectivity index (χ4n) is 3.38. The van der Waals surface area contributed by atoms with Crippen LogP contribution in [0.2, 0.25) is 0 Å². The van der Waals surface area contributed by atoms with Crippen LogP contribution in [-0.4, -0.2) is 54.5 Å². The van der Waals surface area contributed by atoms with Crippen LogP contribution >= 0.6 is 0 Å². The lowest BCUT2D eigenvalue weighted by Gasteiger charge is -2.34. The minimum absolute atomic E-state index is 0.0565. The van der Waals surface area contributed by atoms with Gasteiger partial charge in [-0.25, -0.2) is 4.39 Å². The number of ether oxygens (including phenoxy) is 1. The van der Waals surface area contributed by atoms with Gasteiger partial charge in [0.2, 0.25) is 0 Å². The molecule has 9 nitrogen and oxygen atoms in total. The van der Waals surface area contributed by atoms with Crippen LogP contribution in [0.15, 0.2) is 42.5 Å².